The summed E-state index contributed by atoms with van der Waals surface area (Å²) in [6, 6.07) is 18.7. The van der Waals surface area contributed by atoms with Gasteiger partial charge in [0.25, 0.3) is 5.91 Å². The molecule has 2 aliphatic heterocycles. The molecular weight excluding hydrogens is 466 g/mol. The molecule has 0 spiro atoms. The van der Waals surface area contributed by atoms with Gasteiger partial charge >= 0.3 is 0 Å². The monoisotopic (exact) mass is 499 g/mol. The van der Waals surface area contributed by atoms with Crippen LogP contribution in [0.15, 0.2) is 93.8 Å². The lowest BCUT2D eigenvalue weighted by Crippen LogP contribution is -2.45. The Kier molecular flexibility index (Phi) is 8.33. The Morgan fingerprint density at radius 1 is 0.861 bits per heavy atom. The molecule has 2 bridgehead atoms. The lowest BCUT2D eigenvalue weighted by molar-refractivity contribution is 0.0954. The van der Waals surface area contributed by atoms with Crippen molar-refractivity contribution >= 4 is 23.7 Å². The highest BCUT2D eigenvalue weighted by Gasteiger charge is 2.18. The van der Waals surface area contributed by atoms with Crippen LogP contribution >= 0.6 is 11.9 Å². The van der Waals surface area contributed by atoms with Crippen molar-refractivity contribution in [2.45, 2.75) is 19.5 Å². The minimum Gasteiger partial charge on any atom is -0.368 e. The number of rotatable bonds is 8. The van der Waals surface area contributed by atoms with Crippen LogP contribution in [0, 0.1) is 0 Å². The Morgan fingerprint density at radius 3 is 2.39 bits per heavy atom. The molecule has 1 amide bonds. The van der Waals surface area contributed by atoms with Gasteiger partial charge in [0, 0.05) is 86.8 Å². The predicted octanol–water partition coefficient (Wildman–Crippen LogP) is 4.15. The third kappa shape index (κ3) is 6.75. The van der Waals surface area contributed by atoms with E-state index in [-0.39, 0.29) is 5.91 Å². The number of hydrogen-bond acceptors (Lipinski definition) is 6. The summed E-state index contributed by atoms with van der Waals surface area (Å²) < 4.78 is 4.57. The third-order valence-corrected chi connectivity index (χ3v) is 7.41. The van der Waals surface area contributed by atoms with Crippen molar-refractivity contribution in [2.75, 3.05) is 39.3 Å². The van der Waals surface area contributed by atoms with E-state index in [0.29, 0.717) is 18.7 Å². The average molecular weight is 500 g/mol. The standard InChI is InChI=1S/C29H33N5OS/c35-29(31-14-13-30-28-25-10-4-5-12-27(20-25)36-32-28)26-11-6-9-24(19-26)22-34-17-15-33(16-18-34)21-23-7-2-1-3-8-23/h1-12,19H,13-18,20-22H2,(H,30,32)(H,31,35). The van der Waals surface area contributed by atoms with Gasteiger partial charge in [0.15, 0.2) is 0 Å². The Bertz CT molecular complexity index is 1180. The van der Waals surface area contributed by atoms with Crippen molar-refractivity contribution in [3.8, 4) is 0 Å². The van der Waals surface area contributed by atoms with Gasteiger partial charge in [-0.1, -0.05) is 66.8 Å². The van der Waals surface area contributed by atoms with Gasteiger partial charge in [-0.25, -0.2) is 0 Å². The number of carbonyl (C=O) groups is 1. The summed E-state index contributed by atoms with van der Waals surface area (Å²) >= 11 is 1.52. The maximum atomic E-state index is 12.8. The van der Waals surface area contributed by atoms with Crippen molar-refractivity contribution in [1.29, 1.82) is 0 Å². The number of hydrogen-bond donors (Lipinski definition) is 2. The van der Waals surface area contributed by atoms with E-state index in [9.17, 15) is 4.79 Å². The zero-order chi connectivity index (χ0) is 24.6. The van der Waals surface area contributed by atoms with Crippen molar-refractivity contribution in [3.05, 3.63) is 106 Å². The van der Waals surface area contributed by atoms with Gasteiger partial charge in [-0.2, -0.15) is 4.40 Å². The summed E-state index contributed by atoms with van der Waals surface area (Å²) in [5, 5.41) is 6.41. The summed E-state index contributed by atoms with van der Waals surface area (Å²) in [5.41, 5.74) is 4.46. The molecule has 5 rings (SSSR count). The van der Waals surface area contributed by atoms with E-state index in [0.717, 1.165) is 51.5 Å². The number of nitrogens with one attached hydrogen (secondary N) is 2. The topological polar surface area (TPSA) is 60.0 Å². The van der Waals surface area contributed by atoms with Crippen LogP contribution in [-0.2, 0) is 13.1 Å². The zero-order valence-electron chi connectivity index (χ0n) is 20.5. The Balaban J connectivity index is 1.05. The molecule has 2 N–H and O–H groups in total. The van der Waals surface area contributed by atoms with Crippen LogP contribution in [0.2, 0.25) is 0 Å². The third-order valence-electron chi connectivity index (χ3n) is 6.63. The fourth-order valence-corrected chi connectivity index (χ4v) is 5.40. The first kappa shape index (κ1) is 24.6. The molecule has 2 heterocycles. The van der Waals surface area contributed by atoms with Crippen LogP contribution in [0.4, 0.5) is 0 Å². The second-order valence-electron chi connectivity index (χ2n) is 9.34. The fourth-order valence-electron chi connectivity index (χ4n) is 4.65. The number of benzene rings is 2. The Labute approximate surface area is 218 Å². The summed E-state index contributed by atoms with van der Waals surface area (Å²) in [6.45, 7) is 7.28. The number of fused-ring (bicyclic) bond motifs is 2. The van der Waals surface area contributed by atoms with Gasteiger partial charge in [0.1, 0.15) is 5.84 Å². The van der Waals surface area contributed by atoms with E-state index in [1.807, 2.05) is 30.4 Å². The molecule has 1 fully saturated rings. The van der Waals surface area contributed by atoms with Gasteiger partial charge < -0.3 is 10.6 Å². The number of piperazine rings is 1. The van der Waals surface area contributed by atoms with Crippen molar-refractivity contribution in [3.63, 3.8) is 0 Å². The first-order chi connectivity index (χ1) is 17.7. The summed E-state index contributed by atoms with van der Waals surface area (Å²) in [6.07, 6.45) is 9.21. The molecule has 0 unspecified atom stereocenters. The highest BCUT2D eigenvalue weighted by atomic mass is 32.2. The van der Waals surface area contributed by atoms with Crippen LogP contribution in [0.3, 0.4) is 0 Å². The predicted molar refractivity (Wildman–Crippen MR) is 149 cm³/mol. The molecule has 186 valence electrons. The number of allylic oxidation sites excluding steroid dienone is 5. The zero-order valence-corrected chi connectivity index (χ0v) is 21.3. The maximum Gasteiger partial charge on any atom is 0.251 e. The van der Waals surface area contributed by atoms with E-state index >= 15 is 0 Å². The number of nitrogens with zero attached hydrogens (tertiary/aromatic N) is 3. The van der Waals surface area contributed by atoms with E-state index in [1.54, 1.807) is 0 Å². The van der Waals surface area contributed by atoms with E-state index in [1.165, 1.54) is 33.6 Å². The largest absolute Gasteiger partial charge is 0.368 e. The maximum absolute atomic E-state index is 12.8. The molecule has 0 radical (unpaired) electrons. The lowest BCUT2D eigenvalue weighted by atomic mass is 10.1. The van der Waals surface area contributed by atoms with Gasteiger partial charge in [0.2, 0.25) is 0 Å². The van der Waals surface area contributed by atoms with Gasteiger partial charge in [-0.15, -0.1) is 0 Å². The van der Waals surface area contributed by atoms with Crippen molar-refractivity contribution in [2.24, 2.45) is 4.40 Å². The van der Waals surface area contributed by atoms with Crippen LogP contribution in [0.5, 0.6) is 0 Å². The quantitative estimate of drug-likeness (QED) is 0.422. The molecule has 6 nitrogen and oxygen atoms in total. The highest BCUT2D eigenvalue weighted by Crippen LogP contribution is 2.31. The van der Waals surface area contributed by atoms with Gasteiger partial charge in [0.05, 0.1) is 0 Å². The van der Waals surface area contributed by atoms with Gasteiger partial charge in [-0.3, -0.25) is 14.6 Å². The van der Waals surface area contributed by atoms with Crippen LogP contribution in [0.1, 0.15) is 27.9 Å². The second kappa shape index (κ2) is 12.2. The molecule has 0 saturated carbocycles. The molecule has 1 aliphatic carbocycles. The highest BCUT2D eigenvalue weighted by molar-refractivity contribution is 8.02. The van der Waals surface area contributed by atoms with Crippen LogP contribution < -0.4 is 10.6 Å². The van der Waals surface area contributed by atoms with E-state index in [4.69, 9.17) is 0 Å². The molecule has 7 heteroatoms. The molecule has 2 aromatic rings. The first-order valence-electron chi connectivity index (χ1n) is 12.6. The van der Waals surface area contributed by atoms with Gasteiger partial charge in [-0.05, 0) is 23.3 Å². The fraction of sp³-hybridized carbons (Fsp3) is 0.310. The van der Waals surface area contributed by atoms with Crippen molar-refractivity contribution in [1.82, 2.24) is 20.4 Å². The molecular formula is C29H33N5OS. The van der Waals surface area contributed by atoms with E-state index < -0.39 is 0 Å². The SMILES string of the molecule is O=C(NCCNC1=NSC2=CC=CC=C1C2)c1cccc(CN2CCN(Cc3ccccc3)CC2)c1. The van der Waals surface area contributed by atoms with Crippen LogP contribution in [0.25, 0.3) is 0 Å². The Morgan fingerprint density at radius 2 is 1.58 bits per heavy atom. The molecule has 36 heavy (non-hydrogen) atoms. The average Bonchev–Trinajstić information content (AvgIpc) is 3.11. The molecule has 2 aromatic carbocycles. The van der Waals surface area contributed by atoms with E-state index in [2.05, 4.69) is 73.4 Å². The second-order valence-corrected chi connectivity index (χ2v) is 10.2. The molecule has 0 atom stereocenters. The summed E-state index contributed by atoms with van der Waals surface area (Å²) in [5.74, 6) is 0.872. The molecule has 1 saturated heterocycles. The summed E-state index contributed by atoms with van der Waals surface area (Å²) in [4.78, 5) is 19.0. The number of carbonyl (C=O) groups excluding carboxylic acids is 1. The molecule has 0 aromatic heterocycles. The summed E-state index contributed by atoms with van der Waals surface area (Å²) in [7, 11) is 0. The molecule has 3 aliphatic rings. The number of amidine groups is 1. The van der Waals surface area contributed by atoms with Crippen LogP contribution in [-0.4, -0.2) is 60.8 Å². The lowest BCUT2D eigenvalue weighted by Gasteiger charge is -2.34. The first-order valence-corrected chi connectivity index (χ1v) is 13.4. The Hall–Kier alpha value is -3.13. The smallest absolute Gasteiger partial charge is 0.251 e. The minimum atomic E-state index is -0.0341. The number of amides is 1. The normalized spacial score (nSPS) is 18.1. The van der Waals surface area contributed by atoms with Crippen molar-refractivity contribution < 1.29 is 4.79 Å². The minimum absolute atomic E-state index is 0.0341.